The Kier molecular flexibility index (Phi) is 4.11. The highest BCUT2D eigenvalue weighted by Gasteiger charge is 2.04. The van der Waals surface area contributed by atoms with Crippen molar-refractivity contribution in [3.63, 3.8) is 0 Å². The van der Waals surface area contributed by atoms with Crippen molar-refractivity contribution < 1.29 is 9.31 Å². The third-order valence-electron chi connectivity index (χ3n) is 2.56. The van der Waals surface area contributed by atoms with Crippen LogP contribution in [0.5, 0.6) is 0 Å². The SMILES string of the molecule is O=[N+]([O-])c1ccc(NCc2ccc(F)c(Br)c2)cc1. The first-order chi connectivity index (χ1) is 9.06. The number of nitrogens with zero attached hydrogens (tertiary/aromatic N) is 1. The van der Waals surface area contributed by atoms with Gasteiger partial charge in [-0.05, 0) is 45.8 Å². The summed E-state index contributed by atoms with van der Waals surface area (Å²) in [6.45, 7) is 0.511. The number of benzene rings is 2. The normalized spacial score (nSPS) is 10.2. The molecular formula is C13H10BrFN2O2. The summed E-state index contributed by atoms with van der Waals surface area (Å²) >= 11 is 3.12. The highest BCUT2D eigenvalue weighted by molar-refractivity contribution is 9.10. The van der Waals surface area contributed by atoms with E-state index in [0.717, 1.165) is 11.3 Å². The Morgan fingerprint density at radius 1 is 1.21 bits per heavy atom. The second-order valence-corrected chi connectivity index (χ2v) is 4.76. The van der Waals surface area contributed by atoms with E-state index < -0.39 is 4.92 Å². The predicted octanol–water partition coefficient (Wildman–Crippen LogP) is 4.11. The van der Waals surface area contributed by atoms with E-state index in [4.69, 9.17) is 0 Å². The molecule has 0 radical (unpaired) electrons. The minimum absolute atomic E-state index is 0.0510. The average Bonchev–Trinajstić information content (AvgIpc) is 2.40. The monoisotopic (exact) mass is 324 g/mol. The number of nitro benzene ring substituents is 1. The van der Waals surface area contributed by atoms with Crippen molar-refractivity contribution in [2.75, 3.05) is 5.32 Å². The first kappa shape index (κ1) is 13.5. The second kappa shape index (κ2) is 5.79. The maximum atomic E-state index is 13.1. The lowest BCUT2D eigenvalue weighted by molar-refractivity contribution is -0.384. The number of anilines is 1. The number of hydrogen-bond acceptors (Lipinski definition) is 3. The largest absolute Gasteiger partial charge is 0.381 e. The fraction of sp³-hybridized carbons (Fsp3) is 0.0769. The predicted molar refractivity (Wildman–Crippen MR) is 74.5 cm³/mol. The summed E-state index contributed by atoms with van der Waals surface area (Å²) in [6.07, 6.45) is 0. The van der Waals surface area contributed by atoms with Crippen LogP contribution < -0.4 is 5.32 Å². The summed E-state index contributed by atoms with van der Waals surface area (Å²) in [5, 5.41) is 13.6. The molecule has 0 aliphatic heterocycles. The van der Waals surface area contributed by atoms with Gasteiger partial charge in [0, 0.05) is 24.4 Å². The molecule has 2 aromatic carbocycles. The quantitative estimate of drug-likeness (QED) is 0.680. The van der Waals surface area contributed by atoms with Gasteiger partial charge in [-0.15, -0.1) is 0 Å². The van der Waals surface area contributed by atoms with Crippen molar-refractivity contribution in [3.8, 4) is 0 Å². The average molecular weight is 325 g/mol. The number of rotatable bonds is 4. The van der Waals surface area contributed by atoms with Crippen LogP contribution in [0.15, 0.2) is 46.9 Å². The standard InChI is InChI=1S/C13H10BrFN2O2/c14-12-7-9(1-6-13(12)15)8-16-10-2-4-11(5-3-10)17(18)19/h1-7,16H,8H2. The van der Waals surface area contributed by atoms with Crippen LogP contribution in [-0.4, -0.2) is 4.92 Å². The molecule has 0 bridgehead atoms. The molecular weight excluding hydrogens is 315 g/mol. The van der Waals surface area contributed by atoms with Crippen LogP contribution in [0.25, 0.3) is 0 Å². The van der Waals surface area contributed by atoms with Crippen LogP contribution in [0.3, 0.4) is 0 Å². The zero-order valence-corrected chi connectivity index (χ0v) is 11.4. The molecule has 0 atom stereocenters. The summed E-state index contributed by atoms with van der Waals surface area (Å²) in [4.78, 5) is 10.1. The van der Waals surface area contributed by atoms with Crippen molar-refractivity contribution in [2.45, 2.75) is 6.54 Å². The molecule has 2 rings (SSSR count). The number of halogens is 2. The Morgan fingerprint density at radius 3 is 2.47 bits per heavy atom. The summed E-state index contributed by atoms with van der Waals surface area (Å²) < 4.78 is 13.5. The van der Waals surface area contributed by atoms with E-state index in [9.17, 15) is 14.5 Å². The number of nitrogens with one attached hydrogen (secondary N) is 1. The molecule has 98 valence electrons. The lowest BCUT2D eigenvalue weighted by Gasteiger charge is -2.07. The van der Waals surface area contributed by atoms with Crippen LogP contribution in [0.1, 0.15) is 5.56 Å². The van der Waals surface area contributed by atoms with Gasteiger partial charge in [0.25, 0.3) is 5.69 Å². The number of hydrogen-bond donors (Lipinski definition) is 1. The van der Waals surface area contributed by atoms with E-state index in [1.807, 2.05) is 0 Å². The van der Waals surface area contributed by atoms with Gasteiger partial charge in [0.2, 0.25) is 0 Å². The minimum Gasteiger partial charge on any atom is -0.381 e. The first-order valence-electron chi connectivity index (χ1n) is 5.48. The van der Waals surface area contributed by atoms with Crippen LogP contribution >= 0.6 is 15.9 Å². The Bertz CT molecular complexity index is 602. The van der Waals surface area contributed by atoms with Crippen molar-refractivity contribution >= 4 is 27.3 Å². The molecule has 2 aromatic rings. The molecule has 1 N–H and O–H groups in total. The first-order valence-corrected chi connectivity index (χ1v) is 6.28. The molecule has 0 fully saturated rings. The van der Waals surface area contributed by atoms with Gasteiger partial charge in [-0.25, -0.2) is 4.39 Å². The molecule has 4 nitrogen and oxygen atoms in total. The van der Waals surface area contributed by atoms with Crippen molar-refractivity contribution in [1.82, 2.24) is 0 Å². The molecule has 6 heteroatoms. The molecule has 0 saturated heterocycles. The van der Waals surface area contributed by atoms with E-state index in [2.05, 4.69) is 21.2 Å². The fourth-order valence-electron chi connectivity index (χ4n) is 1.55. The molecule has 0 amide bonds. The highest BCUT2D eigenvalue weighted by Crippen LogP contribution is 2.19. The van der Waals surface area contributed by atoms with E-state index in [-0.39, 0.29) is 11.5 Å². The Morgan fingerprint density at radius 2 is 1.89 bits per heavy atom. The van der Waals surface area contributed by atoms with Gasteiger partial charge in [-0.2, -0.15) is 0 Å². The van der Waals surface area contributed by atoms with E-state index in [1.165, 1.54) is 18.2 Å². The summed E-state index contributed by atoms with van der Waals surface area (Å²) in [6, 6.07) is 10.9. The van der Waals surface area contributed by atoms with Crippen molar-refractivity contribution in [2.24, 2.45) is 0 Å². The summed E-state index contributed by atoms with van der Waals surface area (Å²) in [5.41, 5.74) is 1.73. The third kappa shape index (κ3) is 3.51. The number of non-ortho nitro benzene ring substituents is 1. The molecule has 0 heterocycles. The zero-order chi connectivity index (χ0) is 13.8. The fourth-order valence-corrected chi connectivity index (χ4v) is 1.98. The van der Waals surface area contributed by atoms with Gasteiger partial charge < -0.3 is 5.32 Å². The Hall–Kier alpha value is -1.95. The molecule has 0 spiro atoms. The van der Waals surface area contributed by atoms with Gasteiger partial charge in [-0.1, -0.05) is 6.07 Å². The smallest absolute Gasteiger partial charge is 0.269 e. The lowest BCUT2D eigenvalue weighted by Crippen LogP contribution is -1.99. The molecule has 0 unspecified atom stereocenters. The van der Waals surface area contributed by atoms with Gasteiger partial charge >= 0.3 is 0 Å². The maximum absolute atomic E-state index is 13.1. The minimum atomic E-state index is -0.444. The summed E-state index contributed by atoms with van der Waals surface area (Å²) in [7, 11) is 0. The topological polar surface area (TPSA) is 55.2 Å². The molecule has 0 aromatic heterocycles. The van der Waals surface area contributed by atoms with Crippen LogP contribution in [0.2, 0.25) is 0 Å². The van der Waals surface area contributed by atoms with E-state index in [0.29, 0.717) is 11.0 Å². The Labute approximate surface area is 117 Å². The van der Waals surface area contributed by atoms with Gasteiger partial charge in [0.15, 0.2) is 0 Å². The van der Waals surface area contributed by atoms with Crippen LogP contribution in [0, 0.1) is 15.9 Å². The van der Waals surface area contributed by atoms with Crippen LogP contribution in [0.4, 0.5) is 15.8 Å². The van der Waals surface area contributed by atoms with Gasteiger partial charge in [0.05, 0.1) is 9.40 Å². The second-order valence-electron chi connectivity index (χ2n) is 3.91. The van der Waals surface area contributed by atoms with Crippen LogP contribution in [-0.2, 0) is 6.54 Å². The highest BCUT2D eigenvalue weighted by atomic mass is 79.9. The van der Waals surface area contributed by atoms with Crippen molar-refractivity contribution in [1.29, 1.82) is 0 Å². The van der Waals surface area contributed by atoms with Crippen molar-refractivity contribution in [3.05, 3.63) is 68.4 Å². The maximum Gasteiger partial charge on any atom is 0.269 e. The molecule has 0 saturated carbocycles. The molecule has 0 aliphatic rings. The van der Waals surface area contributed by atoms with Gasteiger partial charge in [-0.3, -0.25) is 10.1 Å². The zero-order valence-electron chi connectivity index (χ0n) is 9.77. The van der Waals surface area contributed by atoms with Gasteiger partial charge in [0.1, 0.15) is 5.82 Å². The molecule has 0 aliphatic carbocycles. The Balaban J connectivity index is 2.01. The molecule has 19 heavy (non-hydrogen) atoms. The van der Waals surface area contributed by atoms with E-state index in [1.54, 1.807) is 24.3 Å². The third-order valence-corrected chi connectivity index (χ3v) is 3.17. The summed E-state index contributed by atoms with van der Waals surface area (Å²) in [5.74, 6) is -0.306. The lowest BCUT2D eigenvalue weighted by atomic mass is 10.2. The van der Waals surface area contributed by atoms with E-state index >= 15 is 0 Å². The number of nitro groups is 1.